The zero-order valence-electron chi connectivity index (χ0n) is 20.6. The Morgan fingerprint density at radius 1 is 0.771 bits per heavy atom. The van der Waals surface area contributed by atoms with E-state index in [1.165, 1.54) is 0 Å². The lowest BCUT2D eigenvalue weighted by atomic mass is 9.78. The van der Waals surface area contributed by atoms with E-state index in [0.717, 1.165) is 0 Å². The molecule has 7 heteroatoms. The third-order valence-electron chi connectivity index (χ3n) is 5.43. The Kier molecular flexibility index (Phi) is 8.00. The topological polar surface area (TPSA) is 55.8 Å². The summed E-state index contributed by atoms with van der Waals surface area (Å²) in [6, 6.07) is 13.2. The molecule has 3 rings (SSSR count). The van der Waals surface area contributed by atoms with E-state index in [9.17, 15) is 9.90 Å². The van der Waals surface area contributed by atoms with Gasteiger partial charge in [-0.05, 0) is 53.3 Å². The van der Waals surface area contributed by atoms with Crippen LogP contribution < -0.4 is 9.47 Å². The van der Waals surface area contributed by atoms with Gasteiger partial charge in [-0.1, -0.05) is 76.3 Å². The summed E-state index contributed by atoms with van der Waals surface area (Å²) in [6.07, 6.45) is 0. The first kappa shape index (κ1) is 27.2. The number of hydrogen-bond acceptors (Lipinski definition) is 4. The van der Waals surface area contributed by atoms with Crippen LogP contribution in [0.15, 0.2) is 48.5 Å². The number of rotatable bonds is 6. The van der Waals surface area contributed by atoms with E-state index in [1.807, 2.05) is 41.5 Å². The number of hydrogen-bond donors (Lipinski definition) is 1. The number of carbonyl (C=O) groups is 1. The molecule has 0 spiro atoms. The molecular weight excluding hydrogens is 507 g/mol. The van der Waals surface area contributed by atoms with Crippen molar-refractivity contribution in [1.29, 1.82) is 0 Å². The number of carbonyl (C=O) groups excluding carboxylic acids is 1. The molecule has 0 aliphatic heterocycles. The number of ether oxygens (including phenoxy) is 2. The number of halogens is 3. The summed E-state index contributed by atoms with van der Waals surface area (Å²) < 4.78 is 11.8. The lowest BCUT2D eigenvalue weighted by Crippen LogP contribution is -2.20. The Balaban J connectivity index is 1.90. The fourth-order valence-electron chi connectivity index (χ4n) is 3.52. The van der Waals surface area contributed by atoms with Gasteiger partial charge < -0.3 is 14.6 Å². The first-order chi connectivity index (χ1) is 16.2. The summed E-state index contributed by atoms with van der Waals surface area (Å²) >= 11 is 18.4. The van der Waals surface area contributed by atoms with Crippen LogP contribution in [0.5, 0.6) is 23.0 Å². The number of benzene rings is 3. The maximum Gasteiger partial charge on any atom is 0.200 e. The molecule has 1 N–H and O–H groups in total. The zero-order chi connectivity index (χ0) is 26.1. The Bertz CT molecular complexity index is 1220. The summed E-state index contributed by atoms with van der Waals surface area (Å²) in [6.45, 7) is 11.8. The molecule has 0 amide bonds. The van der Waals surface area contributed by atoms with Gasteiger partial charge in [-0.3, -0.25) is 4.79 Å². The molecule has 4 nitrogen and oxygen atoms in total. The van der Waals surface area contributed by atoms with Crippen LogP contribution in [-0.4, -0.2) is 17.5 Å². The molecular formula is C28H29Cl3O4. The van der Waals surface area contributed by atoms with Crippen LogP contribution in [0.4, 0.5) is 0 Å². The van der Waals surface area contributed by atoms with Gasteiger partial charge in [0, 0.05) is 32.8 Å². The maximum atomic E-state index is 13.2. The molecule has 0 heterocycles. The highest BCUT2D eigenvalue weighted by Gasteiger charge is 2.28. The minimum atomic E-state index is -0.351. The second-order valence-corrected chi connectivity index (χ2v) is 11.7. The second kappa shape index (κ2) is 10.3. The van der Waals surface area contributed by atoms with Crippen LogP contribution in [0, 0.1) is 0 Å². The quantitative estimate of drug-likeness (QED) is 0.320. The van der Waals surface area contributed by atoms with Crippen molar-refractivity contribution in [3.05, 3.63) is 80.3 Å². The van der Waals surface area contributed by atoms with Crippen molar-refractivity contribution in [2.45, 2.75) is 52.4 Å². The van der Waals surface area contributed by atoms with Crippen molar-refractivity contribution in [2.24, 2.45) is 0 Å². The fourth-order valence-corrected chi connectivity index (χ4v) is 4.13. The second-order valence-electron chi connectivity index (χ2n) is 10.4. The van der Waals surface area contributed by atoms with Gasteiger partial charge >= 0.3 is 0 Å². The van der Waals surface area contributed by atoms with E-state index in [2.05, 4.69) is 0 Å². The number of aromatic hydroxyl groups is 1. The molecule has 0 fully saturated rings. The SMILES string of the molecule is CC(C)(C)c1cc(C(=O)COc2ccc(Cl)cc2Oc2ccc(Cl)cc2Cl)cc(C(C)(C)C)c1O. The van der Waals surface area contributed by atoms with Crippen molar-refractivity contribution in [3.63, 3.8) is 0 Å². The highest BCUT2D eigenvalue weighted by Crippen LogP contribution is 2.41. The molecule has 0 atom stereocenters. The van der Waals surface area contributed by atoms with E-state index in [0.29, 0.717) is 49.0 Å². The molecule has 3 aromatic rings. The molecule has 0 aromatic heterocycles. The van der Waals surface area contributed by atoms with Crippen molar-refractivity contribution in [3.8, 4) is 23.0 Å². The van der Waals surface area contributed by atoms with Crippen LogP contribution >= 0.6 is 34.8 Å². The first-order valence-corrected chi connectivity index (χ1v) is 12.3. The van der Waals surface area contributed by atoms with Gasteiger partial charge in [0.1, 0.15) is 11.5 Å². The van der Waals surface area contributed by atoms with Crippen molar-refractivity contribution >= 4 is 40.6 Å². The van der Waals surface area contributed by atoms with Gasteiger partial charge in [-0.15, -0.1) is 0 Å². The highest BCUT2D eigenvalue weighted by molar-refractivity contribution is 6.35. The van der Waals surface area contributed by atoms with Gasteiger partial charge in [0.25, 0.3) is 0 Å². The Morgan fingerprint density at radius 2 is 1.29 bits per heavy atom. The van der Waals surface area contributed by atoms with E-state index in [1.54, 1.807) is 48.5 Å². The molecule has 0 aliphatic carbocycles. The molecule has 0 bridgehead atoms. The van der Waals surface area contributed by atoms with Crippen LogP contribution in [-0.2, 0) is 10.8 Å². The normalized spacial score (nSPS) is 11.9. The maximum absolute atomic E-state index is 13.2. The number of phenols is 1. The smallest absolute Gasteiger partial charge is 0.200 e. The predicted molar refractivity (Wildman–Crippen MR) is 143 cm³/mol. The zero-order valence-corrected chi connectivity index (χ0v) is 22.9. The molecule has 0 unspecified atom stereocenters. The molecule has 0 aliphatic rings. The van der Waals surface area contributed by atoms with E-state index in [4.69, 9.17) is 44.3 Å². The molecule has 0 saturated carbocycles. The largest absolute Gasteiger partial charge is 0.507 e. The van der Waals surface area contributed by atoms with Crippen LogP contribution in [0.1, 0.15) is 63.0 Å². The summed E-state index contributed by atoms with van der Waals surface area (Å²) in [5, 5.41) is 12.2. The fraction of sp³-hybridized carbons (Fsp3) is 0.321. The number of phenolic OH excluding ortho intramolecular Hbond substituents is 1. The molecule has 3 aromatic carbocycles. The minimum absolute atomic E-state index is 0.218. The Morgan fingerprint density at radius 3 is 1.80 bits per heavy atom. The standard InChI is InChI=1S/C28H29Cl3O4/c1-27(2,3)19-11-16(12-20(26(19)33)28(4,5)6)22(32)15-34-24-10-8-18(30)14-25(24)35-23-9-7-17(29)13-21(23)31/h7-14,33H,15H2,1-6H3. The number of ketones is 1. The van der Waals surface area contributed by atoms with Gasteiger partial charge in [0.15, 0.2) is 23.9 Å². The Hall–Kier alpha value is -2.40. The third-order valence-corrected chi connectivity index (χ3v) is 6.19. The summed E-state index contributed by atoms with van der Waals surface area (Å²) in [5.74, 6) is 1.01. The van der Waals surface area contributed by atoms with Crippen molar-refractivity contribution in [2.75, 3.05) is 6.61 Å². The average molecular weight is 536 g/mol. The van der Waals surface area contributed by atoms with Crippen molar-refractivity contribution in [1.82, 2.24) is 0 Å². The first-order valence-electron chi connectivity index (χ1n) is 11.1. The Labute approximate surface area is 221 Å². The van der Waals surface area contributed by atoms with E-state index >= 15 is 0 Å². The summed E-state index contributed by atoms with van der Waals surface area (Å²) in [7, 11) is 0. The van der Waals surface area contributed by atoms with Crippen LogP contribution in [0.3, 0.4) is 0 Å². The lowest BCUT2D eigenvalue weighted by molar-refractivity contribution is 0.0919. The molecule has 0 radical (unpaired) electrons. The molecule has 35 heavy (non-hydrogen) atoms. The third kappa shape index (κ3) is 6.63. The van der Waals surface area contributed by atoms with Crippen molar-refractivity contribution < 1.29 is 19.4 Å². The van der Waals surface area contributed by atoms with Gasteiger partial charge in [0.05, 0.1) is 5.02 Å². The van der Waals surface area contributed by atoms with E-state index in [-0.39, 0.29) is 29.0 Å². The highest BCUT2D eigenvalue weighted by atomic mass is 35.5. The van der Waals surface area contributed by atoms with Crippen LogP contribution in [0.25, 0.3) is 0 Å². The minimum Gasteiger partial charge on any atom is -0.507 e. The molecule has 186 valence electrons. The van der Waals surface area contributed by atoms with Gasteiger partial charge in [-0.25, -0.2) is 0 Å². The lowest BCUT2D eigenvalue weighted by Gasteiger charge is -2.28. The monoisotopic (exact) mass is 534 g/mol. The summed E-state index contributed by atoms with van der Waals surface area (Å²) in [5.41, 5.74) is 1.18. The van der Waals surface area contributed by atoms with Gasteiger partial charge in [-0.2, -0.15) is 0 Å². The van der Waals surface area contributed by atoms with Crippen LogP contribution in [0.2, 0.25) is 15.1 Å². The van der Waals surface area contributed by atoms with Gasteiger partial charge in [0.2, 0.25) is 0 Å². The summed E-state index contributed by atoms with van der Waals surface area (Å²) in [4.78, 5) is 13.2. The molecule has 0 saturated heterocycles. The number of Topliss-reactive ketones (excluding diaryl/α,β-unsaturated/α-hetero) is 1. The predicted octanol–water partition coefficient (Wildman–Crippen LogP) is 9.00. The van der Waals surface area contributed by atoms with E-state index < -0.39 is 0 Å². The average Bonchev–Trinajstić information content (AvgIpc) is 2.73.